The molecule has 5 rings (SSSR count). The molecule has 0 saturated carbocycles. The van der Waals surface area contributed by atoms with Crippen LogP contribution in [0.1, 0.15) is 54.1 Å². The molecule has 2 saturated heterocycles. The Balaban J connectivity index is 1.43. The van der Waals surface area contributed by atoms with E-state index in [9.17, 15) is 18.0 Å². The number of rotatable bonds is 5. The minimum Gasteiger partial charge on any atom is -0.406 e. The summed E-state index contributed by atoms with van der Waals surface area (Å²) in [6.45, 7) is 2.47. The number of aromatic amines is 1. The number of nitrogens with two attached hydrogens (primary N) is 1. The van der Waals surface area contributed by atoms with Crippen molar-refractivity contribution in [3.63, 3.8) is 0 Å². The van der Waals surface area contributed by atoms with Crippen molar-refractivity contribution in [3.8, 4) is 5.75 Å². The Bertz CT molecular complexity index is 1230. The zero-order valence-electron chi connectivity index (χ0n) is 19.3. The van der Waals surface area contributed by atoms with E-state index in [1.165, 1.54) is 12.1 Å². The summed E-state index contributed by atoms with van der Waals surface area (Å²) in [6, 6.07) is 5.50. The fourth-order valence-corrected chi connectivity index (χ4v) is 5.39. The first-order valence-corrected chi connectivity index (χ1v) is 11.6. The largest absolute Gasteiger partial charge is 0.573 e. The van der Waals surface area contributed by atoms with Crippen molar-refractivity contribution in [2.75, 3.05) is 32.4 Å². The van der Waals surface area contributed by atoms with Gasteiger partial charge in [-0.15, -0.1) is 13.2 Å². The van der Waals surface area contributed by atoms with Crippen molar-refractivity contribution in [1.29, 1.82) is 0 Å². The molecule has 3 N–H and O–H groups in total. The minimum atomic E-state index is -4.80. The SMILES string of the molecule is CN1CCC(c2nc3nccc(C4CCN(C=O)C(c5ccc(OC(F)(F)F)cc5N)C4)c3[nH]2)C1. The molecule has 4 heterocycles. The number of hydrogen-bond donors (Lipinski definition) is 2. The molecule has 11 heteroatoms. The van der Waals surface area contributed by atoms with Crippen LogP contribution in [0.4, 0.5) is 18.9 Å². The fourth-order valence-electron chi connectivity index (χ4n) is 5.39. The van der Waals surface area contributed by atoms with Gasteiger partial charge < -0.3 is 25.3 Å². The van der Waals surface area contributed by atoms with Crippen LogP contribution in [0.5, 0.6) is 5.75 Å². The third-order valence-corrected chi connectivity index (χ3v) is 7.09. The summed E-state index contributed by atoms with van der Waals surface area (Å²) in [7, 11) is 2.10. The Labute approximate surface area is 200 Å². The average Bonchev–Trinajstić information content (AvgIpc) is 3.43. The number of anilines is 1. The summed E-state index contributed by atoms with van der Waals surface area (Å²) < 4.78 is 41.8. The molecule has 3 unspecified atom stereocenters. The Morgan fingerprint density at radius 1 is 1.17 bits per heavy atom. The number of likely N-dealkylation sites (tertiary alicyclic amines) is 2. The molecule has 8 nitrogen and oxygen atoms in total. The highest BCUT2D eigenvalue weighted by molar-refractivity contribution is 5.75. The van der Waals surface area contributed by atoms with Crippen molar-refractivity contribution in [2.45, 2.75) is 43.5 Å². The van der Waals surface area contributed by atoms with Crippen LogP contribution >= 0.6 is 0 Å². The molecule has 186 valence electrons. The summed E-state index contributed by atoms with van der Waals surface area (Å²) >= 11 is 0. The number of fused-ring (bicyclic) bond motifs is 1. The minimum absolute atomic E-state index is 0.0896. The molecule has 0 spiro atoms. The van der Waals surface area contributed by atoms with Gasteiger partial charge in [0, 0.05) is 37.0 Å². The lowest BCUT2D eigenvalue weighted by atomic mass is 9.82. The molecule has 2 aromatic heterocycles. The number of nitrogen functional groups attached to an aromatic ring is 1. The fraction of sp³-hybridized carbons (Fsp3) is 0.458. The topological polar surface area (TPSA) is 100 Å². The van der Waals surface area contributed by atoms with E-state index in [0.717, 1.165) is 55.3 Å². The van der Waals surface area contributed by atoms with Crippen LogP contribution in [0.15, 0.2) is 30.5 Å². The molecule has 2 fully saturated rings. The van der Waals surface area contributed by atoms with Crippen LogP contribution < -0.4 is 10.5 Å². The first-order valence-electron chi connectivity index (χ1n) is 11.6. The zero-order valence-corrected chi connectivity index (χ0v) is 19.3. The predicted octanol–water partition coefficient (Wildman–Crippen LogP) is 3.93. The van der Waals surface area contributed by atoms with Crippen LogP contribution in [-0.4, -0.2) is 64.2 Å². The van der Waals surface area contributed by atoms with E-state index in [2.05, 4.69) is 26.7 Å². The molecule has 0 radical (unpaired) electrons. The van der Waals surface area contributed by atoms with Gasteiger partial charge in [0.1, 0.15) is 11.6 Å². The van der Waals surface area contributed by atoms with Gasteiger partial charge in [-0.3, -0.25) is 4.79 Å². The summed E-state index contributed by atoms with van der Waals surface area (Å²) in [4.78, 5) is 28.5. The van der Waals surface area contributed by atoms with Crippen LogP contribution in [0.2, 0.25) is 0 Å². The van der Waals surface area contributed by atoms with Gasteiger partial charge in [-0.1, -0.05) is 6.07 Å². The number of piperidine rings is 1. The lowest BCUT2D eigenvalue weighted by molar-refractivity contribution is -0.274. The van der Waals surface area contributed by atoms with Gasteiger partial charge in [0.25, 0.3) is 0 Å². The molecule has 3 aromatic rings. The number of ether oxygens (including phenoxy) is 1. The number of pyridine rings is 1. The Hall–Kier alpha value is -3.34. The number of hydrogen-bond acceptors (Lipinski definition) is 6. The maximum atomic E-state index is 12.6. The van der Waals surface area contributed by atoms with Crippen molar-refractivity contribution in [1.82, 2.24) is 24.8 Å². The van der Waals surface area contributed by atoms with E-state index >= 15 is 0 Å². The molecular weight excluding hydrogens is 461 g/mol. The predicted molar refractivity (Wildman–Crippen MR) is 124 cm³/mol. The van der Waals surface area contributed by atoms with Gasteiger partial charge in [-0.2, -0.15) is 0 Å². The Morgan fingerprint density at radius 3 is 2.66 bits per heavy atom. The van der Waals surface area contributed by atoms with Gasteiger partial charge in [0.05, 0.1) is 11.6 Å². The number of alkyl halides is 3. The maximum Gasteiger partial charge on any atom is 0.573 e. The molecular formula is C24H27F3N6O2. The first kappa shape index (κ1) is 23.4. The molecule has 35 heavy (non-hydrogen) atoms. The van der Waals surface area contributed by atoms with E-state index in [4.69, 9.17) is 10.7 Å². The van der Waals surface area contributed by atoms with Gasteiger partial charge in [0.15, 0.2) is 5.65 Å². The standard InChI is InChI=1S/C24H27F3N6O2/c1-32-8-5-15(12-32)22-30-21-17(4-7-29-23(21)31-22)14-6-9-33(13-34)20(10-14)18-3-2-16(11-19(18)28)35-24(25,26)27/h2-4,7,11,13-15,20H,5-6,8-10,12,28H2,1H3,(H,29,30,31). The number of H-pyrrole nitrogens is 1. The Morgan fingerprint density at radius 2 is 1.97 bits per heavy atom. The van der Waals surface area contributed by atoms with E-state index in [0.29, 0.717) is 30.1 Å². The smallest absolute Gasteiger partial charge is 0.406 e. The number of nitrogens with zero attached hydrogens (tertiary/aromatic N) is 4. The highest BCUT2D eigenvalue weighted by Crippen LogP contribution is 2.43. The molecule has 0 aliphatic carbocycles. The second-order valence-electron chi connectivity index (χ2n) is 9.39. The number of carbonyl (C=O) groups is 1. The van der Waals surface area contributed by atoms with Crippen molar-refractivity contribution in [3.05, 3.63) is 47.4 Å². The van der Waals surface area contributed by atoms with Gasteiger partial charge >= 0.3 is 6.36 Å². The van der Waals surface area contributed by atoms with E-state index in [-0.39, 0.29) is 23.4 Å². The third kappa shape index (κ3) is 4.77. The molecule has 2 aliphatic rings. The number of benzene rings is 1. The van der Waals surface area contributed by atoms with Gasteiger partial charge in [-0.25, -0.2) is 9.97 Å². The monoisotopic (exact) mass is 488 g/mol. The Kier molecular flexibility index (Phi) is 6.04. The van der Waals surface area contributed by atoms with Crippen molar-refractivity contribution in [2.24, 2.45) is 0 Å². The second-order valence-corrected chi connectivity index (χ2v) is 9.39. The van der Waals surface area contributed by atoms with Crippen LogP contribution in [-0.2, 0) is 4.79 Å². The molecule has 1 amide bonds. The molecule has 3 atom stereocenters. The van der Waals surface area contributed by atoms with E-state index in [1.54, 1.807) is 11.1 Å². The second kappa shape index (κ2) is 9.03. The van der Waals surface area contributed by atoms with Crippen LogP contribution in [0.3, 0.4) is 0 Å². The molecule has 1 aromatic carbocycles. The summed E-state index contributed by atoms with van der Waals surface area (Å²) in [5.74, 6) is 0.980. The third-order valence-electron chi connectivity index (χ3n) is 7.09. The highest BCUT2D eigenvalue weighted by atomic mass is 19.4. The van der Waals surface area contributed by atoms with E-state index in [1.807, 2.05) is 6.07 Å². The normalized spacial score (nSPS) is 23.7. The van der Waals surface area contributed by atoms with E-state index < -0.39 is 6.36 Å². The summed E-state index contributed by atoms with van der Waals surface area (Å²) in [6.07, 6.45) is 0.0719. The lowest BCUT2D eigenvalue weighted by Gasteiger charge is -2.38. The quantitative estimate of drug-likeness (QED) is 0.417. The van der Waals surface area contributed by atoms with Crippen molar-refractivity contribution >= 4 is 23.3 Å². The van der Waals surface area contributed by atoms with Crippen molar-refractivity contribution < 1.29 is 22.7 Å². The molecule has 2 aliphatic heterocycles. The van der Waals surface area contributed by atoms with Crippen LogP contribution in [0.25, 0.3) is 11.2 Å². The van der Waals surface area contributed by atoms with Gasteiger partial charge in [0.2, 0.25) is 6.41 Å². The number of carbonyl (C=O) groups excluding carboxylic acids is 1. The number of nitrogens with one attached hydrogen (secondary N) is 1. The number of amides is 1. The average molecular weight is 489 g/mol. The first-order chi connectivity index (χ1) is 16.7. The summed E-state index contributed by atoms with van der Waals surface area (Å²) in [5, 5.41) is 0. The molecule has 0 bridgehead atoms. The summed E-state index contributed by atoms with van der Waals surface area (Å²) in [5.41, 5.74) is 9.53. The maximum absolute atomic E-state index is 12.6. The van der Waals surface area contributed by atoms with Gasteiger partial charge in [-0.05, 0) is 62.0 Å². The highest BCUT2D eigenvalue weighted by Gasteiger charge is 2.34. The number of imidazole rings is 1. The number of likely N-dealkylation sites (N-methyl/N-ethyl adjacent to an activating group) is 1. The number of aromatic nitrogens is 3. The zero-order chi connectivity index (χ0) is 24.7. The van der Waals surface area contributed by atoms with Crippen LogP contribution in [0, 0.1) is 0 Å². The lowest BCUT2D eigenvalue weighted by Crippen LogP contribution is -2.35. The number of halogens is 3.